The summed E-state index contributed by atoms with van der Waals surface area (Å²) in [6.07, 6.45) is 1.73. The molecule has 162 valence electrons. The molecule has 1 aliphatic heterocycles. The molecule has 0 radical (unpaired) electrons. The number of methoxy groups -OCH3 is 1. The molecule has 8 heteroatoms. The number of halogens is 1. The fraction of sp³-hybridized carbons (Fsp3) is 0.348. The third-order valence-electron chi connectivity index (χ3n) is 5.42. The number of hydrogen-bond acceptors (Lipinski definition) is 6. The van der Waals surface area contributed by atoms with Gasteiger partial charge in [-0.05, 0) is 68.3 Å². The Labute approximate surface area is 180 Å². The van der Waals surface area contributed by atoms with E-state index in [1.165, 1.54) is 12.1 Å². The summed E-state index contributed by atoms with van der Waals surface area (Å²) in [6.45, 7) is 3.90. The highest BCUT2D eigenvalue weighted by atomic mass is 19.1. The van der Waals surface area contributed by atoms with Crippen LogP contribution in [0, 0.1) is 18.7 Å². The summed E-state index contributed by atoms with van der Waals surface area (Å²) in [4.78, 5) is 19.4. The predicted molar refractivity (Wildman–Crippen MR) is 114 cm³/mol. The molecule has 0 spiro atoms. The van der Waals surface area contributed by atoms with Gasteiger partial charge in [0.1, 0.15) is 11.6 Å². The first kappa shape index (κ1) is 21.0. The van der Waals surface area contributed by atoms with Gasteiger partial charge < -0.3 is 14.6 Å². The lowest BCUT2D eigenvalue weighted by Crippen LogP contribution is -2.40. The van der Waals surface area contributed by atoms with Crippen LogP contribution in [0.1, 0.15) is 24.3 Å². The van der Waals surface area contributed by atoms with Crippen LogP contribution in [0.25, 0.3) is 11.4 Å². The molecule has 2 heterocycles. The summed E-state index contributed by atoms with van der Waals surface area (Å²) in [7, 11) is 1.59. The van der Waals surface area contributed by atoms with Crippen LogP contribution in [0.5, 0.6) is 5.75 Å². The molecule has 1 unspecified atom stereocenters. The SMILES string of the molecule is COc1ccc(C)cc1NC(=O)C1CCCN(Cc2nc(-c3ccc(F)cc3)no2)C1. The van der Waals surface area contributed by atoms with E-state index in [0.717, 1.165) is 24.9 Å². The van der Waals surface area contributed by atoms with Crippen molar-refractivity contribution in [2.45, 2.75) is 26.3 Å². The molecule has 0 aliphatic carbocycles. The number of aromatic nitrogens is 2. The molecular weight excluding hydrogens is 399 g/mol. The first-order valence-corrected chi connectivity index (χ1v) is 10.3. The average Bonchev–Trinajstić information content (AvgIpc) is 3.23. The minimum absolute atomic E-state index is 0.0221. The highest BCUT2D eigenvalue weighted by Gasteiger charge is 2.27. The number of benzene rings is 2. The fourth-order valence-electron chi connectivity index (χ4n) is 3.79. The van der Waals surface area contributed by atoms with Crippen LogP contribution < -0.4 is 10.1 Å². The van der Waals surface area contributed by atoms with Crippen molar-refractivity contribution in [3.8, 4) is 17.1 Å². The number of piperidine rings is 1. The highest BCUT2D eigenvalue weighted by molar-refractivity contribution is 5.94. The van der Waals surface area contributed by atoms with E-state index >= 15 is 0 Å². The van der Waals surface area contributed by atoms with Crippen LogP contribution in [0.2, 0.25) is 0 Å². The van der Waals surface area contributed by atoms with Gasteiger partial charge in [0, 0.05) is 12.1 Å². The molecule has 1 aliphatic rings. The van der Waals surface area contributed by atoms with Gasteiger partial charge in [-0.15, -0.1) is 0 Å². The van der Waals surface area contributed by atoms with Gasteiger partial charge in [0.05, 0.1) is 25.3 Å². The Morgan fingerprint density at radius 2 is 2.10 bits per heavy atom. The Morgan fingerprint density at radius 1 is 1.29 bits per heavy atom. The van der Waals surface area contributed by atoms with Crippen molar-refractivity contribution in [2.75, 3.05) is 25.5 Å². The molecule has 1 aromatic heterocycles. The number of ether oxygens (including phenoxy) is 1. The number of anilines is 1. The Kier molecular flexibility index (Phi) is 6.27. The summed E-state index contributed by atoms with van der Waals surface area (Å²) < 4.78 is 23.8. The Morgan fingerprint density at radius 3 is 2.87 bits per heavy atom. The molecule has 1 saturated heterocycles. The molecule has 3 aromatic rings. The Bertz CT molecular complexity index is 1050. The third-order valence-corrected chi connectivity index (χ3v) is 5.42. The smallest absolute Gasteiger partial charge is 0.241 e. The number of carbonyl (C=O) groups excluding carboxylic acids is 1. The standard InChI is InChI=1S/C23H25FN4O3/c1-15-5-10-20(30-2)19(12-15)25-23(29)17-4-3-11-28(13-17)14-21-26-22(27-31-21)16-6-8-18(24)9-7-16/h5-10,12,17H,3-4,11,13-14H2,1-2H3,(H,25,29). The molecule has 7 nitrogen and oxygen atoms in total. The maximum atomic E-state index is 13.1. The predicted octanol–water partition coefficient (Wildman–Crippen LogP) is 4.04. The van der Waals surface area contributed by atoms with Crippen molar-refractivity contribution >= 4 is 11.6 Å². The molecule has 1 N–H and O–H groups in total. The number of nitrogens with zero attached hydrogens (tertiary/aromatic N) is 3. The lowest BCUT2D eigenvalue weighted by atomic mass is 9.97. The van der Waals surface area contributed by atoms with Crippen LogP contribution in [-0.4, -0.2) is 41.1 Å². The van der Waals surface area contributed by atoms with Crippen LogP contribution in [0.3, 0.4) is 0 Å². The van der Waals surface area contributed by atoms with Gasteiger partial charge in [0.2, 0.25) is 17.6 Å². The van der Waals surface area contributed by atoms with E-state index in [1.54, 1.807) is 19.2 Å². The quantitative estimate of drug-likeness (QED) is 0.643. The van der Waals surface area contributed by atoms with Gasteiger partial charge in [-0.25, -0.2) is 4.39 Å². The summed E-state index contributed by atoms with van der Waals surface area (Å²) in [6, 6.07) is 11.7. The molecule has 2 aromatic carbocycles. The van der Waals surface area contributed by atoms with Gasteiger partial charge in [0.15, 0.2) is 0 Å². The lowest BCUT2D eigenvalue weighted by molar-refractivity contribution is -0.121. The molecule has 4 rings (SSSR count). The molecule has 0 bridgehead atoms. The number of amides is 1. The third kappa shape index (κ3) is 5.08. The van der Waals surface area contributed by atoms with Crippen molar-refractivity contribution in [2.24, 2.45) is 5.92 Å². The zero-order valence-electron chi connectivity index (χ0n) is 17.6. The van der Waals surface area contributed by atoms with Gasteiger partial charge in [-0.2, -0.15) is 4.98 Å². The van der Waals surface area contributed by atoms with E-state index in [0.29, 0.717) is 41.8 Å². The average molecular weight is 424 g/mol. The molecule has 0 saturated carbocycles. The number of nitrogens with one attached hydrogen (secondary N) is 1. The summed E-state index contributed by atoms with van der Waals surface area (Å²) >= 11 is 0. The van der Waals surface area contributed by atoms with Crippen molar-refractivity contribution in [1.82, 2.24) is 15.0 Å². The first-order valence-electron chi connectivity index (χ1n) is 10.3. The van der Waals surface area contributed by atoms with Crippen LogP contribution in [0.15, 0.2) is 47.0 Å². The number of carbonyl (C=O) groups is 1. The Hall–Kier alpha value is -3.26. The summed E-state index contributed by atoms with van der Waals surface area (Å²) in [5, 5.41) is 7.00. The van der Waals surface area contributed by atoms with Crippen molar-refractivity contribution in [1.29, 1.82) is 0 Å². The molecule has 1 fully saturated rings. The zero-order chi connectivity index (χ0) is 21.8. The van der Waals surface area contributed by atoms with E-state index in [1.807, 2.05) is 25.1 Å². The minimum atomic E-state index is -0.312. The van der Waals surface area contributed by atoms with E-state index < -0.39 is 0 Å². The lowest BCUT2D eigenvalue weighted by Gasteiger charge is -2.31. The summed E-state index contributed by atoms with van der Waals surface area (Å²) in [5.74, 6) is 1.07. The normalized spacial score (nSPS) is 16.8. The number of aryl methyl sites for hydroxylation is 1. The van der Waals surface area contributed by atoms with E-state index in [4.69, 9.17) is 9.26 Å². The number of likely N-dealkylation sites (tertiary alicyclic amines) is 1. The second-order valence-corrected chi connectivity index (χ2v) is 7.79. The second-order valence-electron chi connectivity index (χ2n) is 7.79. The van der Waals surface area contributed by atoms with Gasteiger partial charge in [-0.3, -0.25) is 9.69 Å². The van der Waals surface area contributed by atoms with E-state index in [9.17, 15) is 9.18 Å². The fourth-order valence-corrected chi connectivity index (χ4v) is 3.79. The number of hydrogen-bond donors (Lipinski definition) is 1. The topological polar surface area (TPSA) is 80.5 Å². The van der Waals surface area contributed by atoms with Gasteiger partial charge >= 0.3 is 0 Å². The van der Waals surface area contributed by atoms with E-state index in [2.05, 4.69) is 20.4 Å². The first-order chi connectivity index (χ1) is 15.0. The maximum Gasteiger partial charge on any atom is 0.241 e. The molecule has 1 atom stereocenters. The van der Waals surface area contributed by atoms with Gasteiger partial charge in [-0.1, -0.05) is 11.2 Å². The minimum Gasteiger partial charge on any atom is -0.495 e. The molecule has 1 amide bonds. The Balaban J connectivity index is 1.38. The van der Waals surface area contributed by atoms with Crippen molar-refractivity contribution in [3.63, 3.8) is 0 Å². The van der Waals surface area contributed by atoms with Crippen LogP contribution >= 0.6 is 0 Å². The highest BCUT2D eigenvalue weighted by Crippen LogP contribution is 2.27. The largest absolute Gasteiger partial charge is 0.495 e. The van der Waals surface area contributed by atoms with E-state index in [-0.39, 0.29) is 17.6 Å². The van der Waals surface area contributed by atoms with Gasteiger partial charge in [0.25, 0.3) is 0 Å². The molecule has 31 heavy (non-hydrogen) atoms. The zero-order valence-corrected chi connectivity index (χ0v) is 17.6. The molecular formula is C23H25FN4O3. The summed E-state index contributed by atoms with van der Waals surface area (Å²) in [5.41, 5.74) is 2.43. The van der Waals surface area contributed by atoms with Crippen molar-refractivity contribution < 1.29 is 18.4 Å². The van der Waals surface area contributed by atoms with Crippen LogP contribution in [0.4, 0.5) is 10.1 Å². The second kappa shape index (κ2) is 9.26. The maximum absolute atomic E-state index is 13.1. The monoisotopic (exact) mass is 424 g/mol. The van der Waals surface area contributed by atoms with Crippen LogP contribution in [-0.2, 0) is 11.3 Å². The number of rotatable bonds is 6. The van der Waals surface area contributed by atoms with Crippen molar-refractivity contribution in [3.05, 3.63) is 59.7 Å².